The van der Waals surface area contributed by atoms with Crippen molar-refractivity contribution in [2.45, 2.75) is 74.9 Å². The Kier molecular flexibility index (Phi) is 14.2. The Morgan fingerprint density at radius 1 is 0.981 bits per heavy atom. The molecule has 1 saturated carbocycles. The SMILES string of the molecule is C=CCOc1ccc2c(c1)C1C(CCCCO)C(CCCCO)C=C3C(=NOCc4ccccc4)CC(SCCc4cnccn4)C(OCC=C)(O2)C31. The minimum atomic E-state index is -1.03. The van der Waals surface area contributed by atoms with Crippen LogP contribution in [0.2, 0.25) is 0 Å². The van der Waals surface area contributed by atoms with Crippen LogP contribution in [0.5, 0.6) is 11.5 Å². The Labute approximate surface area is 318 Å². The summed E-state index contributed by atoms with van der Waals surface area (Å²) in [5.41, 5.74) is 5.10. The van der Waals surface area contributed by atoms with Gasteiger partial charge in [-0.05, 0) is 72.6 Å². The molecule has 6 unspecified atom stereocenters. The fraction of sp³-hybridized carbons (Fsp3) is 0.465. The molecule has 6 rings (SSSR count). The van der Waals surface area contributed by atoms with E-state index in [9.17, 15) is 10.2 Å². The smallest absolute Gasteiger partial charge is 0.230 e. The first-order chi connectivity index (χ1) is 26.1. The fourth-order valence-corrected chi connectivity index (χ4v) is 9.63. The summed E-state index contributed by atoms with van der Waals surface area (Å²) < 4.78 is 20.4. The highest BCUT2D eigenvalue weighted by Gasteiger charge is 2.64. The van der Waals surface area contributed by atoms with Crippen LogP contribution in [0.15, 0.2) is 109 Å². The van der Waals surface area contributed by atoms with Gasteiger partial charge in [-0.15, -0.1) is 6.58 Å². The molecule has 10 heteroatoms. The summed E-state index contributed by atoms with van der Waals surface area (Å²) in [6.45, 7) is 9.29. The number of allylic oxidation sites excluding steroid dienone is 1. The quantitative estimate of drug-likeness (QED) is 0.0641. The van der Waals surface area contributed by atoms with Crippen LogP contribution < -0.4 is 9.47 Å². The number of aliphatic hydroxyl groups excluding tert-OH is 2. The lowest BCUT2D eigenvalue weighted by Crippen LogP contribution is -2.64. The second kappa shape index (κ2) is 19.4. The molecule has 0 radical (unpaired) electrons. The van der Waals surface area contributed by atoms with E-state index in [0.717, 1.165) is 90.3 Å². The Bertz CT molecular complexity index is 1690. The van der Waals surface area contributed by atoms with Gasteiger partial charge in [0.15, 0.2) is 0 Å². The predicted molar refractivity (Wildman–Crippen MR) is 210 cm³/mol. The molecule has 6 atom stereocenters. The first kappa shape index (κ1) is 38.8. The highest BCUT2D eigenvalue weighted by molar-refractivity contribution is 8.00. The topological polar surface area (TPSA) is 116 Å². The summed E-state index contributed by atoms with van der Waals surface area (Å²) in [4.78, 5) is 15.0. The number of rotatable bonds is 21. The highest BCUT2D eigenvalue weighted by atomic mass is 32.2. The molecule has 282 valence electrons. The van der Waals surface area contributed by atoms with Crippen molar-refractivity contribution in [3.63, 3.8) is 0 Å². The molecule has 0 saturated heterocycles. The molecular formula is C43H53N3O6S. The van der Waals surface area contributed by atoms with Gasteiger partial charge in [0.25, 0.3) is 0 Å². The number of benzene rings is 2. The van der Waals surface area contributed by atoms with Crippen LogP contribution in [0.3, 0.4) is 0 Å². The molecular weight excluding hydrogens is 687 g/mol. The largest absolute Gasteiger partial charge is 0.490 e. The zero-order valence-corrected chi connectivity index (χ0v) is 31.4. The average molecular weight is 740 g/mol. The monoisotopic (exact) mass is 739 g/mol. The molecule has 1 aromatic heterocycles. The van der Waals surface area contributed by atoms with Crippen LogP contribution >= 0.6 is 11.8 Å². The van der Waals surface area contributed by atoms with Gasteiger partial charge in [0.2, 0.25) is 5.79 Å². The molecule has 53 heavy (non-hydrogen) atoms. The van der Waals surface area contributed by atoms with Crippen molar-refractivity contribution < 1.29 is 29.3 Å². The van der Waals surface area contributed by atoms with Crippen molar-refractivity contribution in [1.82, 2.24) is 9.97 Å². The molecule has 0 amide bonds. The molecule has 3 aromatic rings. The molecule has 2 aromatic carbocycles. The van der Waals surface area contributed by atoms with Crippen molar-refractivity contribution in [3.05, 3.63) is 121 Å². The van der Waals surface area contributed by atoms with E-state index in [1.54, 1.807) is 24.5 Å². The van der Waals surface area contributed by atoms with Crippen molar-refractivity contribution in [2.24, 2.45) is 22.9 Å². The fourth-order valence-electron chi connectivity index (χ4n) is 8.24. The number of aliphatic hydroxyl groups is 2. The van der Waals surface area contributed by atoms with E-state index >= 15 is 0 Å². The Hall–Kier alpha value is -3.96. The average Bonchev–Trinajstić information content (AvgIpc) is 3.19. The predicted octanol–water partition coefficient (Wildman–Crippen LogP) is 7.85. The molecule has 0 bridgehead atoms. The number of aromatic nitrogens is 2. The summed E-state index contributed by atoms with van der Waals surface area (Å²) in [5, 5.41) is 24.4. The number of fused-ring (bicyclic) bond motifs is 2. The number of ether oxygens (including phenoxy) is 3. The van der Waals surface area contributed by atoms with Gasteiger partial charge < -0.3 is 29.3 Å². The molecule has 2 aliphatic carbocycles. The van der Waals surface area contributed by atoms with E-state index in [2.05, 4.69) is 35.3 Å². The van der Waals surface area contributed by atoms with E-state index in [-0.39, 0.29) is 42.1 Å². The van der Waals surface area contributed by atoms with Crippen LogP contribution in [-0.2, 0) is 22.6 Å². The number of thioether (sulfide) groups is 1. The van der Waals surface area contributed by atoms with Crippen molar-refractivity contribution in [3.8, 4) is 11.5 Å². The molecule has 2 N–H and O–H groups in total. The van der Waals surface area contributed by atoms with Gasteiger partial charge in [0, 0.05) is 56.1 Å². The maximum absolute atomic E-state index is 9.86. The lowest BCUT2D eigenvalue weighted by atomic mass is 9.56. The maximum Gasteiger partial charge on any atom is 0.230 e. The third-order valence-electron chi connectivity index (χ3n) is 10.5. The third-order valence-corrected chi connectivity index (χ3v) is 11.9. The number of nitrogens with zero attached hydrogens (tertiary/aromatic N) is 3. The first-order valence-corrected chi connectivity index (χ1v) is 20.0. The minimum absolute atomic E-state index is 0.00335. The van der Waals surface area contributed by atoms with Crippen molar-refractivity contribution in [1.29, 1.82) is 0 Å². The minimum Gasteiger partial charge on any atom is -0.490 e. The van der Waals surface area contributed by atoms with E-state index < -0.39 is 5.79 Å². The lowest BCUT2D eigenvalue weighted by Gasteiger charge is -2.58. The van der Waals surface area contributed by atoms with Crippen LogP contribution in [0.1, 0.15) is 67.7 Å². The van der Waals surface area contributed by atoms with Gasteiger partial charge in [-0.2, -0.15) is 11.8 Å². The van der Waals surface area contributed by atoms with Gasteiger partial charge in [-0.3, -0.25) is 9.97 Å². The zero-order chi connectivity index (χ0) is 36.9. The zero-order valence-electron chi connectivity index (χ0n) is 30.6. The number of hydrogen-bond donors (Lipinski definition) is 2. The number of aryl methyl sites for hydroxylation is 1. The van der Waals surface area contributed by atoms with Crippen LogP contribution in [0.25, 0.3) is 0 Å². The molecule has 1 fully saturated rings. The van der Waals surface area contributed by atoms with Gasteiger partial charge in [0.1, 0.15) is 24.7 Å². The van der Waals surface area contributed by atoms with E-state index in [4.69, 9.17) is 24.2 Å². The first-order valence-electron chi connectivity index (χ1n) is 19.0. The Morgan fingerprint density at radius 2 is 1.79 bits per heavy atom. The Balaban J connectivity index is 1.49. The van der Waals surface area contributed by atoms with Gasteiger partial charge >= 0.3 is 0 Å². The highest BCUT2D eigenvalue weighted by Crippen LogP contribution is 2.62. The van der Waals surface area contributed by atoms with Gasteiger partial charge in [-0.25, -0.2) is 0 Å². The number of hydrogen-bond acceptors (Lipinski definition) is 10. The summed E-state index contributed by atoms with van der Waals surface area (Å²) in [6, 6.07) is 16.2. The normalized spacial score (nSPS) is 25.1. The maximum atomic E-state index is 9.86. The lowest BCUT2D eigenvalue weighted by molar-refractivity contribution is -0.223. The van der Waals surface area contributed by atoms with Gasteiger partial charge in [-0.1, -0.05) is 73.1 Å². The summed E-state index contributed by atoms with van der Waals surface area (Å²) in [7, 11) is 0. The summed E-state index contributed by atoms with van der Waals surface area (Å²) in [5.74, 6) is 1.52. The molecule has 2 heterocycles. The summed E-state index contributed by atoms with van der Waals surface area (Å²) in [6.07, 6.45) is 17.7. The van der Waals surface area contributed by atoms with Crippen LogP contribution in [-0.4, -0.2) is 69.1 Å². The van der Waals surface area contributed by atoms with E-state index in [1.165, 1.54) is 0 Å². The molecule has 9 nitrogen and oxygen atoms in total. The molecule has 1 aliphatic heterocycles. The molecule has 3 aliphatic rings. The Morgan fingerprint density at radius 3 is 2.55 bits per heavy atom. The molecule has 0 spiro atoms. The van der Waals surface area contributed by atoms with E-state index in [1.807, 2.05) is 60.4 Å². The third kappa shape index (κ3) is 9.23. The number of oxime groups is 1. The van der Waals surface area contributed by atoms with Crippen LogP contribution in [0.4, 0.5) is 0 Å². The van der Waals surface area contributed by atoms with Gasteiger partial charge in [0.05, 0.1) is 29.2 Å². The van der Waals surface area contributed by atoms with Crippen molar-refractivity contribution >= 4 is 17.5 Å². The standard InChI is InChI=1S/C43H53N3O6S/c1-3-23-49-34-16-17-39-37(27-34)41-35(15-9-11-22-48)32(14-8-10-21-47)26-36-38(46-51-30-31-12-6-5-7-13-31)28-40(43(52-39,42(36)41)50-24-4-2)53-25-18-33-29-44-19-20-45-33/h3-7,12-13,16-17,19-20,26-27,29,32,35,40-42,47-48H,1-2,8-11,14-15,18,21-25,28,30H2. The van der Waals surface area contributed by atoms with Crippen LogP contribution in [0, 0.1) is 17.8 Å². The number of unbranched alkanes of at least 4 members (excludes halogenated alkanes) is 2. The van der Waals surface area contributed by atoms with E-state index in [0.29, 0.717) is 26.2 Å². The second-order valence-corrected chi connectivity index (χ2v) is 15.2. The van der Waals surface area contributed by atoms with Crippen molar-refractivity contribution in [2.75, 3.05) is 32.2 Å². The summed E-state index contributed by atoms with van der Waals surface area (Å²) >= 11 is 1.82. The second-order valence-electron chi connectivity index (χ2n) is 13.9.